The summed E-state index contributed by atoms with van der Waals surface area (Å²) in [6.45, 7) is 0. The number of benzene rings is 6. The Morgan fingerprint density at radius 2 is 0.805 bits per heavy atom. The molecule has 0 fully saturated rings. The van der Waals surface area contributed by atoms with Crippen LogP contribution in [-0.4, -0.2) is 9.97 Å². The smallest absolute Gasteiger partial charge is 0.161 e. The van der Waals surface area contributed by atoms with Gasteiger partial charge < -0.3 is 0 Å². The molecule has 0 bridgehead atoms. The maximum Gasteiger partial charge on any atom is 0.161 e. The van der Waals surface area contributed by atoms with Gasteiger partial charge in [0.2, 0.25) is 0 Å². The molecule has 0 spiro atoms. The summed E-state index contributed by atoms with van der Waals surface area (Å²) in [7, 11) is 0. The van der Waals surface area contributed by atoms with Crippen molar-refractivity contribution in [2.45, 2.75) is 0 Å². The molecule has 0 aliphatic rings. The number of aromatic nitrogens is 2. The van der Waals surface area contributed by atoms with Crippen LogP contribution in [0.2, 0.25) is 0 Å². The first-order valence-electron chi connectivity index (χ1n) is 13.6. The summed E-state index contributed by atoms with van der Waals surface area (Å²) in [6, 6.07) is 52.8. The number of hydrogen-bond acceptors (Lipinski definition) is 2. The molecule has 7 aromatic rings. The lowest BCUT2D eigenvalue weighted by Crippen LogP contribution is -1.97. The lowest BCUT2D eigenvalue weighted by molar-refractivity contribution is 1.19. The number of halogens is 1. The van der Waals surface area contributed by atoms with Crippen LogP contribution in [0.25, 0.3) is 66.9 Å². The van der Waals surface area contributed by atoms with E-state index in [1.165, 1.54) is 27.6 Å². The molecule has 194 valence electrons. The zero-order valence-electron chi connectivity index (χ0n) is 22.2. The molecule has 0 atom stereocenters. The fourth-order valence-corrected chi connectivity index (χ4v) is 5.58. The summed E-state index contributed by atoms with van der Waals surface area (Å²) in [5, 5.41) is 2.30. The Balaban J connectivity index is 1.39. The Morgan fingerprint density at radius 1 is 0.366 bits per heavy atom. The van der Waals surface area contributed by atoms with Gasteiger partial charge >= 0.3 is 0 Å². The molecule has 0 aliphatic heterocycles. The third-order valence-corrected chi connectivity index (χ3v) is 7.93. The number of nitrogens with zero attached hydrogens (tertiary/aromatic N) is 2. The lowest BCUT2D eigenvalue weighted by atomic mass is 9.94. The normalized spacial score (nSPS) is 11.0. The van der Waals surface area contributed by atoms with Gasteiger partial charge in [-0.3, -0.25) is 0 Å². The van der Waals surface area contributed by atoms with Crippen molar-refractivity contribution in [3.8, 4) is 56.2 Å². The Labute approximate surface area is 248 Å². The average molecular weight is 590 g/mol. The predicted octanol–water partition coefficient (Wildman–Crippen LogP) is 10.7. The van der Waals surface area contributed by atoms with E-state index in [0.29, 0.717) is 5.82 Å². The largest absolute Gasteiger partial charge is 0.228 e. The average Bonchev–Trinajstić information content (AvgIpc) is 3.05. The van der Waals surface area contributed by atoms with Crippen molar-refractivity contribution >= 4 is 26.7 Å². The van der Waals surface area contributed by atoms with Crippen LogP contribution in [0.15, 0.2) is 156 Å². The SMILES string of the molecule is Brc1ccc(-c2ccc(-c3nc(-c4ccccc4)cc(-c4ccc(-c5ccccc5)cc4)n3)c3ccccc23)cc1. The lowest BCUT2D eigenvalue weighted by Gasteiger charge is -2.14. The van der Waals surface area contributed by atoms with Gasteiger partial charge in [-0.1, -0.05) is 143 Å². The minimum absolute atomic E-state index is 0.715. The van der Waals surface area contributed by atoms with Crippen molar-refractivity contribution in [3.05, 3.63) is 156 Å². The molecule has 3 heteroatoms. The first kappa shape index (κ1) is 25.1. The third kappa shape index (κ3) is 5.08. The van der Waals surface area contributed by atoms with E-state index in [9.17, 15) is 0 Å². The highest BCUT2D eigenvalue weighted by molar-refractivity contribution is 9.10. The van der Waals surface area contributed by atoms with Crippen LogP contribution >= 0.6 is 15.9 Å². The van der Waals surface area contributed by atoms with Crippen molar-refractivity contribution in [3.63, 3.8) is 0 Å². The Kier molecular flexibility index (Phi) is 6.72. The molecule has 1 aromatic heterocycles. The summed E-state index contributed by atoms with van der Waals surface area (Å²) in [4.78, 5) is 10.3. The summed E-state index contributed by atoms with van der Waals surface area (Å²) < 4.78 is 1.07. The number of hydrogen-bond donors (Lipinski definition) is 0. The first-order valence-corrected chi connectivity index (χ1v) is 14.4. The van der Waals surface area contributed by atoms with Crippen LogP contribution in [0.1, 0.15) is 0 Å². The van der Waals surface area contributed by atoms with Crippen LogP contribution in [-0.2, 0) is 0 Å². The van der Waals surface area contributed by atoms with Crippen LogP contribution < -0.4 is 0 Å². The Morgan fingerprint density at radius 3 is 1.44 bits per heavy atom. The Bertz CT molecular complexity index is 1970. The maximum atomic E-state index is 5.15. The fraction of sp³-hybridized carbons (Fsp3) is 0. The van der Waals surface area contributed by atoms with E-state index in [0.717, 1.165) is 37.9 Å². The number of rotatable bonds is 5. The van der Waals surface area contributed by atoms with Gasteiger partial charge in [-0.25, -0.2) is 9.97 Å². The maximum absolute atomic E-state index is 5.15. The molecule has 2 nitrogen and oxygen atoms in total. The van der Waals surface area contributed by atoms with E-state index in [2.05, 4.69) is 143 Å². The van der Waals surface area contributed by atoms with Crippen molar-refractivity contribution in [1.82, 2.24) is 9.97 Å². The van der Waals surface area contributed by atoms with E-state index in [1.54, 1.807) is 0 Å². The highest BCUT2D eigenvalue weighted by Crippen LogP contribution is 2.36. The number of fused-ring (bicyclic) bond motifs is 1. The van der Waals surface area contributed by atoms with Gasteiger partial charge in [0.05, 0.1) is 11.4 Å². The quantitative estimate of drug-likeness (QED) is 0.200. The summed E-state index contributed by atoms with van der Waals surface area (Å²) in [5.41, 5.74) is 9.68. The van der Waals surface area contributed by atoms with Crippen LogP contribution in [0, 0.1) is 0 Å². The van der Waals surface area contributed by atoms with Gasteiger partial charge in [0, 0.05) is 21.2 Å². The summed E-state index contributed by atoms with van der Waals surface area (Å²) in [5.74, 6) is 0.715. The molecule has 7 rings (SSSR count). The van der Waals surface area contributed by atoms with Gasteiger partial charge in [-0.2, -0.15) is 0 Å². The standard InChI is InChI=1S/C38H25BrN2/c39-31-21-19-28(20-22-31)32-23-24-35(34-14-8-7-13-33(32)34)38-40-36(29-11-5-2-6-12-29)25-37(41-38)30-17-15-27(16-18-30)26-9-3-1-4-10-26/h1-25H. The molecule has 0 unspecified atom stereocenters. The van der Waals surface area contributed by atoms with Crippen LogP contribution in [0.3, 0.4) is 0 Å². The Hall–Kier alpha value is -4.86. The van der Waals surface area contributed by atoms with Crippen molar-refractivity contribution in [1.29, 1.82) is 0 Å². The molecule has 0 N–H and O–H groups in total. The predicted molar refractivity (Wildman–Crippen MR) is 174 cm³/mol. The summed E-state index contributed by atoms with van der Waals surface area (Å²) >= 11 is 3.56. The topological polar surface area (TPSA) is 25.8 Å². The monoisotopic (exact) mass is 588 g/mol. The van der Waals surface area contributed by atoms with Gasteiger partial charge in [0.25, 0.3) is 0 Å². The van der Waals surface area contributed by atoms with E-state index in [4.69, 9.17) is 9.97 Å². The molecule has 0 aliphatic carbocycles. The minimum Gasteiger partial charge on any atom is -0.228 e. The zero-order chi connectivity index (χ0) is 27.6. The van der Waals surface area contributed by atoms with E-state index >= 15 is 0 Å². The molecule has 1 heterocycles. The highest BCUT2D eigenvalue weighted by Gasteiger charge is 2.15. The molecule has 0 saturated heterocycles. The first-order chi connectivity index (χ1) is 20.2. The molecule has 0 saturated carbocycles. The van der Waals surface area contributed by atoms with Gasteiger partial charge in [-0.15, -0.1) is 0 Å². The molecule has 0 amide bonds. The summed E-state index contributed by atoms with van der Waals surface area (Å²) in [6.07, 6.45) is 0. The van der Waals surface area contributed by atoms with Gasteiger partial charge in [0.1, 0.15) is 0 Å². The van der Waals surface area contributed by atoms with E-state index < -0.39 is 0 Å². The molecule has 41 heavy (non-hydrogen) atoms. The second-order valence-electron chi connectivity index (χ2n) is 9.98. The van der Waals surface area contributed by atoms with Gasteiger partial charge in [0.15, 0.2) is 5.82 Å². The van der Waals surface area contributed by atoms with E-state index in [1.807, 2.05) is 24.3 Å². The minimum atomic E-state index is 0.715. The molecule has 0 radical (unpaired) electrons. The van der Waals surface area contributed by atoms with Crippen molar-refractivity contribution in [2.75, 3.05) is 0 Å². The highest BCUT2D eigenvalue weighted by atomic mass is 79.9. The van der Waals surface area contributed by atoms with Crippen molar-refractivity contribution < 1.29 is 0 Å². The second kappa shape index (κ2) is 11.0. The fourth-order valence-electron chi connectivity index (χ4n) is 5.31. The van der Waals surface area contributed by atoms with Crippen LogP contribution in [0.5, 0.6) is 0 Å². The van der Waals surface area contributed by atoms with E-state index in [-0.39, 0.29) is 0 Å². The molecular weight excluding hydrogens is 564 g/mol. The second-order valence-corrected chi connectivity index (χ2v) is 10.9. The third-order valence-electron chi connectivity index (χ3n) is 7.40. The molecule has 6 aromatic carbocycles. The van der Waals surface area contributed by atoms with Gasteiger partial charge in [-0.05, 0) is 57.3 Å². The molecular formula is C38H25BrN2. The van der Waals surface area contributed by atoms with Crippen molar-refractivity contribution in [2.24, 2.45) is 0 Å². The van der Waals surface area contributed by atoms with Crippen LogP contribution in [0.4, 0.5) is 0 Å². The zero-order valence-corrected chi connectivity index (χ0v) is 23.8.